The van der Waals surface area contributed by atoms with Crippen LogP contribution >= 0.6 is 23.1 Å². The van der Waals surface area contributed by atoms with Crippen molar-refractivity contribution in [3.05, 3.63) is 107 Å². The van der Waals surface area contributed by atoms with Crippen LogP contribution in [0.3, 0.4) is 0 Å². The minimum Gasteiger partial charge on any atom is -0.206 e. The van der Waals surface area contributed by atoms with Crippen molar-refractivity contribution in [1.29, 1.82) is 0 Å². The predicted octanol–water partition coefficient (Wildman–Crippen LogP) is 14.2. The Kier molecular flexibility index (Phi) is 10.4. The molecule has 50 heavy (non-hydrogen) atoms. The average molecular weight is 701 g/mol. The van der Waals surface area contributed by atoms with E-state index in [4.69, 9.17) is 8.75 Å². The maximum atomic E-state index is 15.5. The van der Waals surface area contributed by atoms with Gasteiger partial charge < -0.3 is 0 Å². The molecule has 1 aliphatic carbocycles. The van der Waals surface area contributed by atoms with E-state index in [1.54, 1.807) is 17.4 Å². The van der Waals surface area contributed by atoms with Crippen LogP contribution in [-0.2, 0) is 11.8 Å². The summed E-state index contributed by atoms with van der Waals surface area (Å²) in [5.41, 5.74) is 14.1. The van der Waals surface area contributed by atoms with E-state index in [9.17, 15) is 0 Å². The van der Waals surface area contributed by atoms with Gasteiger partial charge >= 0.3 is 0 Å². The lowest BCUT2D eigenvalue weighted by atomic mass is 9.71. The van der Waals surface area contributed by atoms with Crippen molar-refractivity contribution in [2.75, 3.05) is 0 Å². The third-order valence-corrected chi connectivity index (χ3v) is 12.8. The maximum absolute atomic E-state index is 15.5. The summed E-state index contributed by atoms with van der Waals surface area (Å²) in [4.78, 5) is 2.02. The molecule has 0 saturated carbocycles. The summed E-state index contributed by atoms with van der Waals surface area (Å²) in [5, 5.41) is 0. The highest BCUT2D eigenvalue weighted by Crippen LogP contribution is 2.55. The van der Waals surface area contributed by atoms with Gasteiger partial charge in [0.25, 0.3) is 0 Å². The second kappa shape index (κ2) is 14.9. The number of aromatic nitrogens is 2. The first-order valence-electron chi connectivity index (χ1n) is 18.8. The van der Waals surface area contributed by atoms with Crippen LogP contribution in [-0.4, -0.2) is 8.75 Å². The monoisotopic (exact) mass is 700 g/mol. The van der Waals surface area contributed by atoms with Crippen molar-refractivity contribution in [2.45, 2.75) is 104 Å². The van der Waals surface area contributed by atoms with Gasteiger partial charge in [-0.3, -0.25) is 0 Å². The number of fused-ring (bicyclic) bond motifs is 4. The Bertz CT molecular complexity index is 2120. The highest BCUT2D eigenvalue weighted by molar-refractivity contribution is 7.19. The highest BCUT2D eigenvalue weighted by Gasteiger charge is 2.42. The molecule has 2 nitrogen and oxygen atoms in total. The van der Waals surface area contributed by atoms with Crippen molar-refractivity contribution in [1.82, 2.24) is 8.75 Å². The molecule has 1 unspecified atom stereocenters. The molecule has 0 aliphatic heterocycles. The minimum atomic E-state index is -0.135. The summed E-state index contributed by atoms with van der Waals surface area (Å²) in [6, 6.07) is 28.5. The lowest BCUT2D eigenvalue weighted by Gasteiger charge is -2.32. The van der Waals surface area contributed by atoms with Gasteiger partial charge in [-0.2, -0.15) is 8.75 Å². The number of thiophene rings is 1. The number of benzene rings is 4. The van der Waals surface area contributed by atoms with E-state index >= 15 is 4.39 Å². The van der Waals surface area contributed by atoms with Crippen LogP contribution in [0.2, 0.25) is 0 Å². The van der Waals surface area contributed by atoms with Crippen molar-refractivity contribution in [3.8, 4) is 43.1 Å². The van der Waals surface area contributed by atoms with Crippen LogP contribution in [0.4, 0.5) is 4.39 Å². The first kappa shape index (κ1) is 34.8. The molecule has 0 radical (unpaired) electrons. The third kappa shape index (κ3) is 6.37. The zero-order valence-electron chi connectivity index (χ0n) is 30.2. The van der Waals surface area contributed by atoms with Crippen molar-refractivity contribution >= 4 is 34.1 Å². The van der Waals surface area contributed by atoms with Crippen LogP contribution in [0.5, 0.6) is 0 Å². The summed E-state index contributed by atoms with van der Waals surface area (Å²) in [7, 11) is 0. The Balaban J connectivity index is 1.19. The first-order chi connectivity index (χ1) is 24.4. The number of hydrogen-bond acceptors (Lipinski definition) is 4. The number of nitrogens with zero attached hydrogens (tertiary/aromatic N) is 2. The molecule has 0 amide bonds. The van der Waals surface area contributed by atoms with Crippen LogP contribution in [0.1, 0.15) is 108 Å². The summed E-state index contributed by atoms with van der Waals surface area (Å²) in [5.74, 6) is 0.588. The Morgan fingerprint density at radius 3 is 2.00 bits per heavy atom. The van der Waals surface area contributed by atoms with Gasteiger partial charge in [-0.15, -0.1) is 11.3 Å². The predicted molar refractivity (Wildman–Crippen MR) is 214 cm³/mol. The largest absolute Gasteiger partial charge is 0.206 e. The van der Waals surface area contributed by atoms with E-state index in [-0.39, 0.29) is 11.2 Å². The molecule has 0 N–H and O–H groups in total. The Labute approximate surface area is 306 Å². The van der Waals surface area contributed by atoms with Gasteiger partial charge in [0.15, 0.2) is 0 Å². The van der Waals surface area contributed by atoms with E-state index in [0.717, 1.165) is 81.9 Å². The van der Waals surface area contributed by atoms with E-state index in [1.165, 1.54) is 70.8 Å². The van der Waals surface area contributed by atoms with Gasteiger partial charge in [0.05, 0.1) is 11.7 Å². The van der Waals surface area contributed by atoms with Gasteiger partial charge in [0.1, 0.15) is 16.9 Å². The Morgan fingerprint density at radius 1 is 0.660 bits per heavy atom. The molecule has 2 heterocycles. The first-order valence-corrected chi connectivity index (χ1v) is 20.4. The van der Waals surface area contributed by atoms with Gasteiger partial charge in [-0.1, -0.05) is 126 Å². The van der Waals surface area contributed by atoms with Crippen LogP contribution in [0.25, 0.3) is 54.2 Å². The maximum Gasteiger partial charge on any atom is 0.132 e. The normalized spacial score (nSPS) is 13.9. The lowest BCUT2D eigenvalue weighted by molar-refractivity contribution is 0.421. The molecule has 1 aliphatic rings. The van der Waals surface area contributed by atoms with E-state index in [1.807, 2.05) is 6.07 Å². The molecule has 4 aromatic carbocycles. The van der Waals surface area contributed by atoms with Crippen molar-refractivity contribution in [3.63, 3.8) is 0 Å². The molecule has 6 aromatic rings. The number of aryl methyl sites for hydroxylation is 2. The summed E-state index contributed by atoms with van der Waals surface area (Å²) < 4.78 is 25.2. The number of halogens is 1. The fourth-order valence-electron chi connectivity index (χ4n) is 8.55. The van der Waals surface area contributed by atoms with Gasteiger partial charge in [0, 0.05) is 31.9 Å². The minimum absolute atomic E-state index is 0.0307. The average Bonchev–Trinajstić information content (AvgIpc) is 3.87. The number of rotatable bonds is 14. The van der Waals surface area contributed by atoms with E-state index in [0.29, 0.717) is 5.56 Å². The Morgan fingerprint density at radius 2 is 1.30 bits per heavy atom. The summed E-state index contributed by atoms with van der Waals surface area (Å²) in [6.07, 6.45) is 11.6. The molecule has 0 fully saturated rings. The van der Waals surface area contributed by atoms with Crippen molar-refractivity contribution < 1.29 is 4.39 Å². The smallest absolute Gasteiger partial charge is 0.132 e. The quantitative estimate of drug-likeness (QED) is 0.113. The van der Waals surface area contributed by atoms with Crippen molar-refractivity contribution in [2.24, 2.45) is 5.92 Å². The molecule has 7 rings (SSSR count). The number of hydrogen-bond donors (Lipinski definition) is 0. The van der Waals surface area contributed by atoms with Crippen LogP contribution < -0.4 is 0 Å². The fourth-order valence-corrected chi connectivity index (χ4v) is 10.2. The number of unbranched alkanes of at least 4 members (excludes halogenated alkanes) is 1. The standard InChI is InChI=1S/C45H49FN2S2/c1-6-10-11-30(9-4)13-14-31-15-18-36(40(46)27-31)41-22-23-42(49-41)37-21-20-33(43-44(37)48-50-47-43)32-16-19-35-34-17-12-29(5)26-38(34)45(24-7-2,25-8-3)39(35)28-32/h12,15-23,26-28,30H,6-11,13-14,24-25H2,1-5H3. The Hall–Kier alpha value is -3.67. The van der Waals surface area contributed by atoms with Crippen LogP contribution in [0, 0.1) is 18.7 Å². The van der Waals surface area contributed by atoms with Gasteiger partial charge in [0.2, 0.25) is 0 Å². The molecule has 1 atom stereocenters. The molecular weight excluding hydrogens is 652 g/mol. The summed E-state index contributed by atoms with van der Waals surface area (Å²) in [6.45, 7) is 11.4. The molecule has 0 spiro atoms. The topological polar surface area (TPSA) is 25.8 Å². The van der Waals surface area contributed by atoms with Crippen LogP contribution in [0.15, 0.2) is 78.9 Å². The van der Waals surface area contributed by atoms with Gasteiger partial charge in [-0.25, -0.2) is 4.39 Å². The second-order valence-corrected chi connectivity index (χ2v) is 16.1. The third-order valence-electron chi connectivity index (χ3n) is 11.2. The molecule has 258 valence electrons. The fraction of sp³-hybridized carbons (Fsp3) is 0.378. The zero-order chi connectivity index (χ0) is 34.8. The van der Waals surface area contributed by atoms with Gasteiger partial charge in [-0.05, 0) is 96.2 Å². The summed E-state index contributed by atoms with van der Waals surface area (Å²) >= 11 is 2.90. The second-order valence-electron chi connectivity index (χ2n) is 14.4. The molecule has 0 saturated heterocycles. The molecular formula is C45H49FN2S2. The van der Waals surface area contributed by atoms with E-state index < -0.39 is 0 Å². The highest BCUT2D eigenvalue weighted by atomic mass is 32.1. The zero-order valence-corrected chi connectivity index (χ0v) is 31.9. The SMILES string of the molecule is CCCCC(CC)CCc1ccc(-c2ccc(-c3ccc(-c4ccc5c(c4)C(CCC)(CCC)c4cc(C)ccc4-5)c4nsnc34)s2)c(F)c1. The lowest BCUT2D eigenvalue weighted by Crippen LogP contribution is -2.25. The molecule has 0 bridgehead atoms. The molecule has 2 aromatic heterocycles. The molecule has 5 heteroatoms. The van der Waals surface area contributed by atoms with E-state index in [2.05, 4.69) is 101 Å².